The van der Waals surface area contributed by atoms with Crippen LogP contribution in [0.4, 0.5) is 0 Å². The summed E-state index contributed by atoms with van der Waals surface area (Å²) in [5.41, 5.74) is 1.21. The van der Waals surface area contributed by atoms with Crippen molar-refractivity contribution in [2.75, 3.05) is 34.2 Å². The minimum atomic E-state index is 0. The Morgan fingerprint density at radius 1 is 1.30 bits per heavy atom. The first-order valence-corrected chi connectivity index (χ1v) is 8.18. The molecule has 1 aromatic heterocycles. The van der Waals surface area contributed by atoms with Gasteiger partial charge >= 0.3 is 0 Å². The molecule has 0 bridgehead atoms. The summed E-state index contributed by atoms with van der Waals surface area (Å²) in [4.78, 5) is 6.48. The van der Waals surface area contributed by atoms with Gasteiger partial charge < -0.3 is 15.5 Å². The minimum absolute atomic E-state index is 0. The van der Waals surface area contributed by atoms with Gasteiger partial charge in [0.05, 0.1) is 12.2 Å². The Bertz CT molecular complexity index is 444. The number of hydrogen-bond donors (Lipinski definition) is 2. The normalized spacial score (nSPS) is 12.9. The van der Waals surface area contributed by atoms with Gasteiger partial charge in [-0.1, -0.05) is 26.2 Å². The molecule has 0 saturated carbocycles. The summed E-state index contributed by atoms with van der Waals surface area (Å²) in [6.07, 6.45) is 9.02. The molecular weight excluding hydrogens is 403 g/mol. The lowest BCUT2D eigenvalue weighted by atomic mass is 10.1. The molecule has 1 aromatic rings. The van der Waals surface area contributed by atoms with Crippen LogP contribution in [0.1, 0.15) is 44.2 Å². The van der Waals surface area contributed by atoms with Crippen LogP contribution in [0.5, 0.6) is 0 Å². The molecule has 0 aromatic carbocycles. The Morgan fingerprint density at radius 2 is 2.04 bits per heavy atom. The van der Waals surface area contributed by atoms with Crippen LogP contribution in [0, 0.1) is 0 Å². The molecule has 0 aliphatic heterocycles. The fraction of sp³-hybridized carbons (Fsp3) is 0.750. The van der Waals surface area contributed by atoms with Gasteiger partial charge in [0.25, 0.3) is 0 Å². The monoisotopic (exact) mass is 436 g/mol. The van der Waals surface area contributed by atoms with Crippen molar-refractivity contribution in [1.29, 1.82) is 0 Å². The van der Waals surface area contributed by atoms with E-state index in [1.54, 1.807) is 0 Å². The first kappa shape index (κ1) is 22.2. The van der Waals surface area contributed by atoms with E-state index in [1.165, 1.54) is 31.2 Å². The summed E-state index contributed by atoms with van der Waals surface area (Å²) < 4.78 is 1.84. The van der Waals surface area contributed by atoms with Gasteiger partial charge in [0.2, 0.25) is 0 Å². The van der Waals surface area contributed by atoms with Crippen molar-refractivity contribution in [3.63, 3.8) is 0 Å². The number of aliphatic imine (C=N–C) groups is 1. The molecule has 1 heterocycles. The third-order valence-corrected chi connectivity index (χ3v) is 3.74. The molecule has 134 valence electrons. The Hall–Kier alpha value is -0.830. The van der Waals surface area contributed by atoms with Gasteiger partial charge in [-0.15, -0.1) is 24.0 Å². The summed E-state index contributed by atoms with van der Waals surface area (Å²) in [7, 11) is 7.93. The molecule has 0 aliphatic carbocycles. The van der Waals surface area contributed by atoms with Gasteiger partial charge in [-0.05, 0) is 20.5 Å². The topological polar surface area (TPSA) is 57.5 Å². The number of rotatable bonds is 9. The predicted octanol–water partition coefficient (Wildman–Crippen LogP) is 2.39. The Morgan fingerprint density at radius 3 is 2.57 bits per heavy atom. The highest BCUT2D eigenvalue weighted by molar-refractivity contribution is 14.0. The second-order valence-electron chi connectivity index (χ2n) is 5.87. The van der Waals surface area contributed by atoms with E-state index in [0.717, 1.165) is 19.0 Å². The predicted molar refractivity (Wildman–Crippen MR) is 109 cm³/mol. The van der Waals surface area contributed by atoms with Crippen LogP contribution in [0.3, 0.4) is 0 Å². The smallest absolute Gasteiger partial charge is 0.191 e. The van der Waals surface area contributed by atoms with Crippen molar-refractivity contribution in [2.24, 2.45) is 12.0 Å². The van der Waals surface area contributed by atoms with Gasteiger partial charge in [-0.3, -0.25) is 9.67 Å². The summed E-state index contributed by atoms with van der Waals surface area (Å²) >= 11 is 0. The zero-order valence-electron chi connectivity index (χ0n) is 15.2. The van der Waals surface area contributed by atoms with E-state index < -0.39 is 0 Å². The molecule has 0 aliphatic rings. The zero-order chi connectivity index (χ0) is 16.4. The van der Waals surface area contributed by atoms with Crippen molar-refractivity contribution < 1.29 is 0 Å². The molecular formula is C16H33IN6. The van der Waals surface area contributed by atoms with Crippen molar-refractivity contribution in [1.82, 2.24) is 25.3 Å². The average molecular weight is 436 g/mol. The average Bonchev–Trinajstić information content (AvgIpc) is 2.91. The SMILES string of the molecule is CCCCCCNC(=NC)NCC(c1cnn(C)c1)N(C)C.I. The number of aryl methyl sites for hydroxylation is 1. The number of guanidine groups is 1. The fourth-order valence-electron chi connectivity index (χ4n) is 2.38. The third kappa shape index (κ3) is 8.55. The molecule has 0 fully saturated rings. The second kappa shape index (κ2) is 12.6. The molecule has 6 nitrogen and oxygen atoms in total. The molecule has 2 N–H and O–H groups in total. The summed E-state index contributed by atoms with van der Waals surface area (Å²) in [5, 5.41) is 11.1. The van der Waals surface area contributed by atoms with Crippen molar-refractivity contribution in [3.8, 4) is 0 Å². The van der Waals surface area contributed by atoms with E-state index in [-0.39, 0.29) is 30.0 Å². The number of nitrogens with one attached hydrogen (secondary N) is 2. The molecule has 23 heavy (non-hydrogen) atoms. The second-order valence-corrected chi connectivity index (χ2v) is 5.87. The van der Waals surface area contributed by atoms with E-state index in [2.05, 4.69) is 52.8 Å². The maximum Gasteiger partial charge on any atom is 0.191 e. The first-order chi connectivity index (χ1) is 10.6. The molecule has 7 heteroatoms. The fourth-order valence-corrected chi connectivity index (χ4v) is 2.38. The Kier molecular flexibility index (Phi) is 12.1. The van der Waals surface area contributed by atoms with Gasteiger partial charge in [-0.25, -0.2) is 0 Å². The van der Waals surface area contributed by atoms with Crippen LogP contribution < -0.4 is 10.6 Å². The van der Waals surface area contributed by atoms with Gasteiger partial charge in [0.15, 0.2) is 5.96 Å². The van der Waals surface area contributed by atoms with Crippen LogP contribution in [0.25, 0.3) is 0 Å². The number of unbranched alkanes of at least 4 members (excludes halogenated alkanes) is 3. The number of aromatic nitrogens is 2. The van der Waals surface area contributed by atoms with Crippen molar-refractivity contribution in [3.05, 3.63) is 18.0 Å². The van der Waals surface area contributed by atoms with E-state index in [0.29, 0.717) is 0 Å². The number of halogens is 1. The minimum Gasteiger partial charge on any atom is -0.356 e. The molecule has 1 atom stereocenters. The van der Waals surface area contributed by atoms with Crippen LogP contribution in [0.15, 0.2) is 17.4 Å². The molecule has 0 radical (unpaired) electrons. The highest BCUT2D eigenvalue weighted by atomic mass is 127. The Balaban J connectivity index is 0.00000484. The highest BCUT2D eigenvalue weighted by Crippen LogP contribution is 2.15. The highest BCUT2D eigenvalue weighted by Gasteiger charge is 2.16. The lowest BCUT2D eigenvalue weighted by Crippen LogP contribution is -2.42. The van der Waals surface area contributed by atoms with Crippen LogP contribution in [-0.4, -0.2) is 54.9 Å². The lowest BCUT2D eigenvalue weighted by Gasteiger charge is -2.24. The number of hydrogen-bond acceptors (Lipinski definition) is 3. The third-order valence-electron chi connectivity index (χ3n) is 3.74. The van der Waals surface area contributed by atoms with E-state index >= 15 is 0 Å². The summed E-state index contributed by atoms with van der Waals surface area (Å²) in [6.45, 7) is 4.00. The van der Waals surface area contributed by atoms with Crippen LogP contribution >= 0.6 is 24.0 Å². The quantitative estimate of drug-likeness (QED) is 0.270. The summed E-state index contributed by atoms with van der Waals surface area (Å²) in [5.74, 6) is 0.868. The van der Waals surface area contributed by atoms with Crippen molar-refractivity contribution in [2.45, 2.75) is 38.6 Å². The maximum atomic E-state index is 4.29. The largest absolute Gasteiger partial charge is 0.356 e. The van der Waals surface area contributed by atoms with E-state index in [4.69, 9.17) is 0 Å². The molecule has 1 rings (SSSR count). The molecule has 0 saturated heterocycles. The molecule has 0 amide bonds. The first-order valence-electron chi connectivity index (χ1n) is 8.18. The van der Waals surface area contributed by atoms with E-state index in [9.17, 15) is 0 Å². The number of likely N-dealkylation sites (N-methyl/N-ethyl adjacent to an activating group) is 1. The standard InChI is InChI=1S/C16H32N6.HI/c1-6-7-8-9-10-18-16(17-2)19-12-15(21(3)4)14-11-20-22(5)13-14;/h11,13,15H,6-10,12H2,1-5H3,(H2,17,18,19);1H. The zero-order valence-corrected chi connectivity index (χ0v) is 17.5. The van der Waals surface area contributed by atoms with E-state index in [1.807, 2.05) is 25.0 Å². The van der Waals surface area contributed by atoms with Gasteiger partial charge in [0, 0.05) is 38.9 Å². The number of nitrogens with zero attached hydrogens (tertiary/aromatic N) is 4. The molecule has 0 spiro atoms. The lowest BCUT2D eigenvalue weighted by molar-refractivity contribution is 0.298. The summed E-state index contributed by atoms with van der Waals surface area (Å²) in [6, 6.07) is 0.271. The molecule has 1 unspecified atom stereocenters. The van der Waals surface area contributed by atoms with Crippen LogP contribution in [-0.2, 0) is 7.05 Å². The van der Waals surface area contributed by atoms with Crippen molar-refractivity contribution >= 4 is 29.9 Å². The van der Waals surface area contributed by atoms with Crippen LogP contribution in [0.2, 0.25) is 0 Å². The van der Waals surface area contributed by atoms with Gasteiger partial charge in [0.1, 0.15) is 0 Å². The van der Waals surface area contributed by atoms with Gasteiger partial charge in [-0.2, -0.15) is 5.10 Å². The Labute approximate surface area is 158 Å². The maximum absolute atomic E-state index is 4.29.